The highest BCUT2D eigenvalue weighted by atomic mass is 16.5. The van der Waals surface area contributed by atoms with E-state index in [0.29, 0.717) is 5.82 Å². The summed E-state index contributed by atoms with van der Waals surface area (Å²) < 4.78 is 7.74. The van der Waals surface area contributed by atoms with Crippen molar-refractivity contribution in [2.45, 2.75) is 50.9 Å². The summed E-state index contributed by atoms with van der Waals surface area (Å²) in [6, 6.07) is 0. The van der Waals surface area contributed by atoms with Crippen LogP contribution in [0.15, 0.2) is 6.20 Å². The molecule has 6 heteroatoms. The molecule has 0 spiro atoms. The summed E-state index contributed by atoms with van der Waals surface area (Å²) in [6.07, 6.45) is 8.32. The standard InChI is InChI=1S/C15H23N4O2/c1-11-8-18(9-12(2)21-11)10-15(4-3-5-15)19-7-6-17-14(19)13(16)20/h7,11-12H,3-5,8-10H2,1-2H3,(H2,16,20)/t11-,12+. The smallest absolute Gasteiger partial charge is 0.284 e. The molecule has 2 heterocycles. The molecule has 2 N–H and O–H groups in total. The van der Waals surface area contributed by atoms with Crippen molar-refractivity contribution in [3.63, 3.8) is 0 Å². The molecule has 2 fully saturated rings. The second kappa shape index (κ2) is 5.42. The zero-order valence-corrected chi connectivity index (χ0v) is 12.7. The van der Waals surface area contributed by atoms with Crippen molar-refractivity contribution < 1.29 is 9.53 Å². The Morgan fingerprint density at radius 2 is 2.14 bits per heavy atom. The van der Waals surface area contributed by atoms with E-state index < -0.39 is 5.91 Å². The highest BCUT2D eigenvalue weighted by molar-refractivity contribution is 5.89. The lowest BCUT2D eigenvalue weighted by atomic mass is 9.75. The molecule has 6 nitrogen and oxygen atoms in total. The molecule has 2 aliphatic rings. The lowest BCUT2D eigenvalue weighted by Crippen LogP contribution is -2.55. The Balaban J connectivity index is 1.80. The van der Waals surface area contributed by atoms with Crippen LogP contribution < -0.4 is 5.73 Å². The van der Waals surface area contributed by atoms with Gasteiger partial charge in [0.05, 0.1) is 17.7 Å². The van der Waals surface area contributed by atoms with Crippen LogP contribution in [-0.4, -0.2) is 52.2 Å². The molecule has 21 heavy (non-hydrogen) atoms. The van der Waals surface area contributed by atoms with Crippen LogP contribution in [-0.2, 0) is 10.3 Å². The van der Waals surface area contributed by atoms with Crippen molar-refractivity contribution in [3.05, 3.63) is 18.2 Å². The minimum Gasteiger partial charge on any atom is -0.373 e. The summed E-state index contributed by atoms with van der Waals surface area (Å²) in [7, 11) is 0. The predicted molar refractivity (Wildman–Crippen MR) is 77.9 cm³/mol. The van der Waals surface area contributed by atoms with Gasteiger partial charge in [-0.3, -0.25) is 9.69 Å². The van der Waals surface area contributed by atoms with Gasteiger partial charge in [-0.05, 0) is 33.1 Å². The zero-order valence-electron chi connectivity index (χ0n) is 12.7. The number of hydrogen-bond acceptors (Lipinski definition) is 4. The van der Waals surface area contributed by atoms with E-state index in [1.165, 1.54) is 6.42 Å². The number of carbonyl (C=O) groups excluding carboxylic acids is 1. The Morgan fingerprint density at radius 3 is 2.67 bits per heavy atom. The average molecular weight is 291 g/mol. The molecular weight excluding hydrogens is 268 g/mol. The number of nitrogens with zero attached hydrogens (tertiary/aromatic N) is 3. The molecular formula is C15H23N4O2. The van der Waals surface area contributed by atoms with Gasteiger partial charge in [-0.2, -0.15) is 0 Å². The van der Waals surface area contributed by atoms with E-state index in [2.05, 4.69) is 29.9 Å². The summed E-state index contributed by atoms with van der Waals surface area (Å²) in [5.41, 5.74) is 5.37. The summed E-state index contributed by atoms with van der Waals surface area (Å²) in [6.45, 7) is 6.98. The number of rotatable bonds is 4. The SMILES string of the molecule is C[C@@H]1CN(CC2(n3c[c]nc3C(N)=O)CCC2)C[C@H](C)O1. The number of ether oxygens (including phenoxy) is 1. The van der Waals surface area contributed by atoms with Crippen LogP contribution in [0.3, 0.4) is 0 Å². The van der Waals surface area contributed by atoms with E-state index in [1.807, 2.05) is 4.57 Å². The Labute approximate surface area is 125 Å². The molecule has 1 aliphatic heterocycles. The number of carbonyl (C=O) groups is 1. The number of hydrogen-bond donors (Lipinski definition) is 1. The zero-order chi connectivity index (χ0) is 15.0. The van der Waals surface area contributed by atoms with Crippen LogP contribution in [0.2, 0.25) is 0 Å². The van der Waals surface area contributed by atoms with Gasteiger partial charge in [0.25, 0.3) is 5.91 Å². The highest BCUT2D eigenvalue weighted by Crippen LogP contribution is 2.41. The fourth-order valence-electron chi connectivity index (χ4n) is 3.69. The van der Waals surface area contributed by atoms with Crippen LogP contribution in [0, 0.1) is 6.20 Å². The minimum atomic E-state index is -0.480. The molecule has 1 aromatic rings. The van der Waals surface area contributed by atoms with Crippen molar-refractivity contribution in [2.24, 2.45) is 5.73 Å². The van der Waals surface area contributed by atoms with Gasteiger partial charge in [0, 0.05) is 25.8 Å². The van der Waals surface area contributed by atoms with Gasteiger partial charge in [0.1, 0.15) is 6.20 Å². The number of amides is 1. The number of morpholine rings is 1. The number of imidazole rings is 1. The topological polar surface area (TPSA) is 73.4 Å². The van der Waals surface area contributed by atoms with Crippen LogP contribution in [0.25, 0.3) is 0 Å². The largest absolute Gasteiger partial charge is 0.373 e. The second-order valence-corrected chi connectivity index (χ2v) is 6.46. The van der Waals surface area contributed by atoms with Crippen molar-refractivity contribution in [1.82, 2.24) is 14.5 Å². The van der Waals surface area contributed by atoms with E-state index in [-0.39, 0.29) is 17.7 Å². The molecule has 1 radical (unpaired) electrons. The predicted octanol–water partition coefficient (Wildman–Crippen LogP) is 0.771. The molecule has 1 aromatic heterocycles. The summed E-state index contributed by atoms with van der Waals surface area (Å²) in [4.78, 5) is 18.0. The summed E-state index contributed by atoms with van der Waals surface area (Å²) in [5.74, 6) is -0.157. The minimum absolute atomic E-state index is 0.0614. The van der Waals surface area contributed by atoms with E-state index in [9.17, 15) is 4.79 Å². The van der Waals surface area contributed by atoms with Crippen molar-refractivity contribution >= 4 is 5.91 Å². The molecule has 115 valence electrons. The van der Waals surface area contributed by atoms with Crippen molar-refractivity contribution in [3.8, 4) is 0 Å². The lowest BCUT2D eigenvalue weighted by molar-refractivity contribution is -0.0828. The van der Waals surface area contributed by atoms with Crippen molar-refractivity contribution in [1.29, 1.82) is 0 Å². The maximum absolute atomic E-state index is 11.6. The molecule has 0 aromatic carbocycles. The van der Waals surface area contributed by atoms with Gasteiger partial charge < -0.3 is 15.0 Å². The van der Waals surface area contributed by atoms with Gasteiger partial charge in [0.2, 0.25) is 0 Å². The Hall–Kier alpha value is -1.40. The van der Waals surface area contributed by atoms with Gasteiger partial charge in [-0.1, -0.05) is 0 Å². The first-order valence-electron chi connectivity index (χ1n) is 7.64. The maximum atomic E-state index is 11.6. The van der Waals surface area contributed by atoms with Crippen LogP contribution in [0.1, 0.15) is 43.7 Å². The van der Waals surface area contributed by atoms with Gasteiger partial charge >= 0.3 is 0 Å². The third kappa shape index (κ3) is 2.70. The lowest BCUT2D eigenvalue weighted by Gasteiger charge is -2.48. The van der Waals surface area contributed by atoms with Gasteiger partial charge in [-0.25, -0.2) is 4.98 Å². The van der Waals surface area contributed by atoms with E-state index in [1.54, 1.807) is 6.20 Å². The Morgan fingerprint density at radius 1 is 1.48 bits per heavy atom. The van der Waals surface area contributed by atoms with Gasteiger partial charge in [-0.15, -0.1) is 0 Å². The van der Waals surface area contributed by atoms with Gasteiger partial charge in [0.15, 0.2) is 5.82 Å². The number of aromatic nitrogens is 2. The molecule has 1 amide bonds. The quantitative estimate of drug-likeness (QED) is 0.889. The van der Waals surface area contributed by atoms with Crippen LogP contribution in [0.5, 0.6) is 0 Å². The molecule has 2 atom stereocenters. The Bertz CT molecular complexity index is 513. The fourth-order valence-corrected chi connectivity index (χ4v) is 3.69. The summed E-state index contributed by atoms with van der Waals surface area (Å²) >= 11 is 0. The summed E-state index contributed by atoms with van der Waals surface area (Å²) in [5, 5.41) is 0. The van der Waals surface area contributed by atoms with E-state index in [0.717, 1.165) is 32.5 Å². The first-order valence-corrected chi connectivity index (χ1v) is 7.64. The normalized spacial score (nSPS) is 29.0. The molecule has 1 saturated heterocycles. The van der Waals surface area contributed by atoms with Crippen LogP contribution >= 0.6 is 0 Å². The molecule has 3 rings (SSSR count). The third-order valence-electron chi connectivity index (χ3n) is 4.61. The highest BCUT2D eigenvalue weighted by Gasteiger charge is 2.43. The Kier molecular flexibility index (Phi) is 3.75. The number of nitrogens with two attached hydrogens (primary N) is 1. The van der Waals surface area contributed by atoms with Crippen LogP contribution in [0.4, 0.5) is 0 Å². The van der Waals surface area contributed by atoms with Crippen molar-refractivity contribution in [2.75, 3.05) is 19.6 Å². The molecule has 1 saturated carbocycles. The van der Waals surface area contributed by atoms with E-state index >= 15 is 0 Å². The second-order valence-electron chi connectivity index (χ2n) is 6.46. The van der Waals surface area contributed by atoms with E-state index in [4.69, 9.17) is 10.5 Å². The maximum Gasteiger partial charge on any atom is 0.284 e. The molecule has 0 bridgehead atoms. The molecule has 0 unspecified atom stereocenters. The first kappa shape index (κ1) is 14.5. The monoisotopic (exact) mass is 291 g/mol. The average Bonchev–Trinajstić information content (AvgIpc) is 2.82. The molecule has 1 aliphatic carbocycles. The third-order valence-corrected chi connectivity index (χ3v) is 4.61. The fraction of sp³-hybridized carbons (Fsp3) is 0.733. The number of primary amides is 1. The first-order chi connectivity index (χ1) is 10.00.